The van der Waals surface area contributed by atoms with Gasteiger partial charge in [-0.25, -0.2) is 0 Å². The van der Waals surface area contributed by atoms with Crippen LogP contribution in [0.3, 0.4) is 0 Å². The van der Waals surface area contributed by atoms with E-state index in [9.17, 15) is 9.59 Å². The molecule has 4 nitrogen and oxygen atoms in total. The van der Waals surface area contributed by atoms with Gasteiger partial charge < -0.3 is 9.80 Å². The van der Waals surface area contributed by atoms with Crippen LogP contribution in [0.4, 0.5) is 5.69 Å². The highest BCUT2D eigenvalue weighted by atomic mass is 16.1. The molecule has 2 aliphatic carbocycles. The number of allylic oxidation sites excluding steroid dienone is 4. The fourth-order valence-electron chi connectivity index (χ4n) is 5.78. The first-order valence-electron chi connectivity index (χ1n) is 11.3. The minimum Gasteiger partial charge on any atom is -0.372 e. The summed E-state index contributed by atoms with van der Waals surface area (Å²) in [6, 6.07) is 8.71. The normalized spacial score (nSPS) is 23.1. The number of Topliss-reactive ketones (excluding diaryl/α,β-unsaturated/α-hetero) is 2. The van der Waals surface area contributed by atoms with Crippen molar-refractivity contribution in [2.24, 2.45) is 0 Å². The molecular weight excluding hydrogens is 360 g/mol. The molecule has 2 aliphatic heterocycles. The zero-order valence-corrected chi connectivity index (χ0v) is 17.4. The number of rotatable bonds is 3. The summed E-state index contributed by atoms with van der Waals surface area (Å²) in [5.74, 6) is 0.308. The molecule has 0 amide bonds. The van der Waals surface area contributed by atoms with E-state index in [1.54, 1.807) is 0 Å². The minimum absolute atomic E-state index is 0.170. The molecule has 152 valence electrons. The third kappa shape index (κ3) is 3.04. The molecule has 0 spiro atoms. The minimum atomic E-state index is -0.170. The summed E-state index contributed by atoms with van der Waals surface area (Å²) in [6.07, 6.45) is 7.46. The zero-order valence-electron chi connectivity index (χ0n) is 17.4. The summed E-state index contributed by atoms with van der Waals surface area (Å²) >= 11 is 0. The van der Waals surface area contributed by atoms with Crippen LogP contribution in [-0.2, 0) is 9.59 Å². The lowest BCUT2D eigenvalue weighted by atomic mass is 9.71. The number of ketones is 2. The van der Waals surface area contributed by atoms with Crippen molar-refractivity contribution in [3.05, 3.63) is 52.4 Å². The van der Waals surface area contributed by atoms with Gasteiger partial charge in [-0.3, -0.25) is 9.59 Å². The van der Waals surface area contributed by atoms with Gasteiger partial charge in [-0.1, -0.05) is 12.1 Å². The average molecular weight is 391 g/mol. The van der Waals surface area contributed by atoms with Gasteiger partial charge in [-0.2, -0.15) is 0 Å². The van der Waals surface area contributed by atoms with Gasteiger partial charge in [0.1, 0.15) is 0 Å². The third-order valence-corrected chi connectivity index (χ3v) is 7.10. The van der Waals surface area contributed by atoms with Crippen molar-refractivity contribution in [2.75, 3.05) is 24.5 Å². The van der Waals surface area contributed by atoms with Crippen LogP contribution >= 0.6 is 0 Å². The fourth-order valence-corrected chi connectivity index (χ4v) is 5.78. The molecular formula is C25H30N2O2. The molecule has 0 radical (unpaired) electrons. The van der Waals surface area contributed by atoms with E-state index in [1.165, 1.54) is 29.9 Å². The Hall–Kier alpha value is -2.36. The Morgan fingerprint density at radius 1 is 0.793 bits per heavy atom. The molecule has 1 fully saturated rings. The van der Waals surface area contributed by atoms with E-state index >= 15 is 0 Å². The average Bonchev–Trinajstić information content (AvgIpc) is 3.28. The molecule has 2 heterocycles. The van der Waals surface area contributed by atoms with Gasteiger partial charge in [0.25, 0.3) is 0 Å². The molecule has 4 aliphatic rings. The molecule has 0 atom stereocenters. The van der Waals surface area contributed by atoms with Crippen molar-refractivity contribution >= 4 is 17.3 Å². The number of carbonyl (C=O) groups excluding carboxylic acids is 2. The lowest BCUT2D eigenvalue weighted by Crippen LogP contribution is -2.39. The van der Waals surface area contributed by atoms with E-state index in [-0.39, 0.29) is 17.5 Å². The van der Waals surface area contributed by atoms with Crippen LogP contribution in [0.25, 0.3) is 0 Å². The van der Waals surface area contributed by atoms with Crippen LogP contribution in [0.2, 0.25) is 0 Å². The first-order chi connectivity index (χ1) is 14.2. The summed E-state index contributed by atoms with van der Waals surface area (Å²) in [4.78, 5) is 30.9. The van der Waals surface area contributed by atoms with Crippen LogP contribution in [0.15, 0.2) is 46.8 Å². The Morgan fingerprint density at radius 2 is 1.34 bits per heavy atom. The second-order valence-corrected chi connectivity index (χ2v) is 8.74. The Labute approximate surface area is 173 Å². The first kappa shape index (κ1) is 18.7. The summed E-state index contributed by atoms with van der Waals surface area (Å²) in [7, 11) is 0. The predicted molar refractivity (Wildman–Crippen MR) is 115 cm³/mol. The van der Waals surface area contributed by atoms with E-state index in [0.29, 0.717) is 12.8 Å². The molecule has 4 heteroatoms. The summed E-state index contributed by atoms with van der Waals surface area (Å²) in [5, 5.41) is 0. The number of nitrogens with zero attached hydrogens (tertiary/aromatic N) is 2. The fraction of sp³-hybridized carbons (Fsp3) is 0.520. The maximum atomic E-state index is 13.1. The van der Waals surface area contributed by atoms with E-state index in [1.807, 2.05) is 0 Å². The predicted octanol–water partition coefficient (Wildman–Crippen LogP) is 4.72. The maximum Gasteiger partial charge on any atom is 0.161 e. The number of hydrogen-bond acceptors (Lipinski definition) is 4. The first-order valence-corrected chi connectivity index (χ1v) is 11.3. The lowest BCUT2D eigenvalue weighted by molar-refractivity contribution is -0.117. The van der Waals surface area contributed by atoms with Gasteiger partial charge in [-0.05, 0) is 63.1 Å². The smallest absolute Gasteiger partial charge is 0.161 e. The van der Waals surface area contributed by atoms with E-state index < -0.39 is 0 Å². The van der Waals surface area contributed by atoms with Crippen LogP contribution in [0.5, 0.6) is 0 Å². The molecule has 0 saturated carbocycles. The Bertz CT molecular complexity index is 859. The number of hydrogen-bond donors (Lipinski definition) is 0. The van der Waals surface area contributed by atoms with Gasteiger partial charge in [0, 0.05) is 66.6 Å². The Kier molecular flexibility index (Phi) is 4.81. The van der Waals surface area contributed by atoms with Crippen molar-refractivity contribution < 1.29 is 9.59 Å². The van der Waals surface area contributed by atoms with Crippen molar-refractivity contribution in [3.8, 4) is 0 Å². The number of carbonyl (C=O) groups is 2. The summed E-state index contributed by atoms with van der Waals surface area (Å²) in [5.41, 5.74) is 6.54. The molecule has 0 bridgehead atoms. The second-order valence-electron chi connectivity index (χ2n) is 8.74. The molecule has 29 heavy (non-hydrogen) atoms. The van der Waals surface area contributed by atoms with Gasteiger partial charge in [0.15, 0.2) is 11.6 Å². The van der Waals surface area contributed by atoms with E-state index in [4.69, 9.17) is 0 Å². The van der Waals surface area contributed by atoms with Gasteiger partial charge in [-0.15, -0.1) is 0 Å². The maximum absolute atomic E-state index is 13.1. The van der Waals surface area contributed by atoms with Crippen molar-refractivity contribution in [2.45, 2.75) is 64.2 Å². The highest BCUT2D eigenvalue weighted by Crippen LogP contribution is 2.49. The Balaban J connectivity index is 1.62. The molecule has 1 aromatic carbocycles. The SMILES string of the molecule is CCN1C2=C(C(=O)CCC2)C(c2ccc(N3CCCC3)cc2)C2=C1CCCC2=O. The molecule has 0 N–H and O–H groups in total. The number of anilines is 1. The summed E-state index contributed by atoms with van der Waals surface area (Å²) in [6.45, 7) is 5.21. The lowest BCUT2D eigenvalue weighted by Gasteiger charge is -2.43. The van der Waals surface area contributed by atoms with Crippen LogP contribution in [0, 0.1) is 0 Å². The van der Waals surface area contributed by atoms with Gasteiger partial charge in [0.2, 0.25) is 0 Å². The topological polar surface area (TPSA) is 40.6 Å². The summed E-state index contributed by atoms with van der Waals surface area (Å²) < 4.78 is 0. The monoisotopic (exact) mass is 390 g/mol. The van der Waals surface area contributed by atoms with Crippen molar-refractivity contribution in [1.82, 2.24) is 4.90 Å². The molecule has 1 aromatic rings. The van der Waals surface area contributed by atoms with Crippen LogP contribution < -0.4 is 4.90 Å². The van der Waals surface area contributed by atoms with E-state index in [0.717, 1.165) is 62.0 Å². The third-order valence-electron chi connectivity index (χ3n) is 7.10. The van der Waals surface area contributed by atoms with Crippen LogP contribution in [-0.4, -0.2) is 36.1 Å². The highest BCUT2D eigenvalue weighted by Gasteiger charge is 2.42. The molecule has 1 saturated heterocycles. The molecule has 5 rings (SSSR count). The number of benzene rings is 1. The highest BCUT2D eigenvalue weighted by molar-refractivity contribution is 6.06. The molecule has 0 aromatic heterocycles. The van der Waals surface area contributed by atoms with E-state index in [2.05, 4.69) is 41.0 Å². The van der Waals surface area contributed by atoms with Crippen molar-refractivity contribution in [1.29, 1.82) is 0 Å². The van der Waals surface area contributed by atoms with Gasteiger partial charge >= 0.3 is 0 Å². The standard InChI is InChI=1S/C25H30N2O2/c1-2-27-19-7-5-9-21(28)24(19)23(25-20(27)8-6-10-22(25)29)17-11-13-18(14-12-17)26-15-3-4-16-26/h11-14,23H,2-10,15-16H2,1H3. The largest absolute Gasteiger partial charge is 0.372 e. The Morgan fingerprint density at radius 3 is 1.86 bits per heavy atom. The van der Waals surface area contributed by atoms with Crippen molar-refractivity contribution in [3.63, 3.8) is 0 Å². The quantitative estimate of drug-likeness (QED) is 0.749. The molecule has 0 unspecified atom stereocenters. The van der Waals surface area contributed by atoms with Gasteiger partial charge in [0.05, 0.1) is 0 Å². The van der Waals surface area contributed by atoms with Crippen LogP contribution in [0.1, 0.15) is 69.8 Å². The second kappa shape index (κ2) is 7.47. The zero-order chi connectivity index (χ0) is 20.0.